The third kappa shape index (κ3) is 2.82. The minimum Gasteiger partial charge on any atom is -0.430 e. The summed E-state index contributed by atoms with van der Waals surface area (Å²) in [5.41, 5.74) is 6.59. The molecule has 1 aromatic carbocycles. The van der Waals surface area contributed by atoms with Gasteiger partial charge in [-0.1, -0.05) is 12.1 Å². The highest BCUT2D eigenvalue weighted by Gasteiger charge is 2.19. The average Bonchev–Trinajstić information content (AvgIpc) is 2.34. The Kier molecular flexibility index (Phi) is 3.66. The number of nitrogens with zero attached hydrogens (tertiary/aromatic N) is 2. The summed E-state index contributed by atoms with van der Waals surface area (Å²) in [5, 5.41) is 11.0. The fourth-order valence-electron chi connectivity index (χ4n) is 1.53. The fraction of sp³-hybridized carbons (Fsp3) is 0.0833. The van der Waals surface area contributed by atoms with Gasteiger partial charge < -0.3 is 10.5 Å². The Balaban J connectivity index is 2.46. The van der Waals surface area contributed by atoms with Crippen molar-refractivity contribution in [2.45, 2.75) is 6.92 Å². The summed E-state index contributed by atoms with van der Waals surface area (Å²) in [6.45, 7) is 1.73. The number of para-hydroxylation sites is 1. The van der Waals surface area contributed by atoms with Crippen LogP contribution in [0, 0.1) is 17.0 Å². The molecule has 0 aliphatic heterocycles. The number of ether oxygens (including phenoxy) is 1. The van der Waals surface area contributed by atoms with Gasteiger partial charge in [0.05, 0.1) is 21.3 Å². The lowest BCUT2D eigenvalue weighted by Crippen LogP contribution is -1.98. The number of nitrogen functional groups attached to an aromatic ring is 1. The summed E-state index contributed by atoms with van der Waals surface area (Å²) >= 11 is 3.25. The maximum absolute atomic E-state index is 11.0. The molecule has 0 aliphatic rings. The van der Waals surface area contributed by atoms with E-state index in [4.69, 9.17) is 10.5 Å². The molecule has 0 radical (unpaired) electrons. The molecule has 0 unspecified atom stereocenters. The summed E-state index contributed by atoms with van der Waals surface area (Å²) in [5.74, 6) is 0.400. The van der Waals surface area contributed by atoms with Crippen LogP contribution in [0.4, 0.5) is 11.4 Å². The number of nitrogens with two attached hydrogens (primary N) is 1. The molecule has 2 aromatic rings. The molecule has 7 heteroatoms. The van der Waals surface area contributed by atoms with Crippen LogP contribution in [0.25, 0.3) is 0 Å². The van der Waals surface area contributed by atoms with E-state index in [1.165, 1.54) is 12.3 Å². The number of aryl methyl sites for hydroxylation is 1. The highest BCUT2D eigenvalue weighted by atomic mass is 79.9. The molecule has 0 amide bonds. The third-order valence-corrected chi connectivity index (χ3v) is 2.98. The largest absolute Gasteiger partial charge is 0.430 e. The van der Waals surface area contributed by atoms with Crippen molar-refractivity contribution >= 4 is 27.3 Å². The van der Waals surface area contributed by atoms with Crippen molar-refractivity contribution in [1.29, 1.82) is 0 Å². The van der Waals surface area contributed by atoms with Crippen molar-refractivity contribution in [2.24, 2.45) is 0 Å². The first-order chi connectivity index (χ1) is 8.99. The first-order valence-corrected chi connectivity index (χ1v) is 6.11. The summed E-state index contributed by atoms with van der Waals surface area (Å²) in [7, 11) is 0. The first-order valence-electron chi connectivity index (χ1n) is 5.32. The van der Waals surface area contributed by atoms with Gasteiger partial charge in [0.25, 0.3) is 0 Å². The van der Waals surface area contributed by atoms with Gasteiger partial charge in [-0.2, -0.15) is 0 Å². The van der Waals surface area contributed by atoms with Crippen molar-refractivity contribution < 1.29 is 9.66 Å². The molecule has 0 atom stereocenters. The normalized spacial score (nSPS) is 10.2. The lowest BCUT2D eigenvalue weighted by Gasteiger charge is -2.09. The average molecular weight is 324 g/mol. The fourth-order valence-corrected chi connectivity index (χ4v) is 1.97. The van der Waals surface area contributed by atoms with E-state index in [1.807, 2.05) is 0 Å². The van der Waals surface area contributed by atoms with Gasteiger partial charge in [0.2, 0.25) is 11.6 Å². The Morgan fingerprint density at radius 2 is 2.21 bits per heavy atom. The maximum atomic E-state index is 11.0. The maximum Gasteiger partial charge on any atom is 0.311 e. The van der Waals surface area contributed by atoms with Crippen LogP contribution in [0.2, 0.25) is 0 Å². The van der Waals surface area contributed by atoms with Crippen LogP contribution in [0.5, 0.6) is 11.6 Å². The van der Waals surface area contributed by atoms with Crippen molar-refractivity contribution in [2.75, 3.05) is 5.73 Å². The van der Waals surface area contributed by atoms with Gasteiger partial charge in [0, 0.05) is 6.07 Å². The van der Waals surface area contributed by atoms with Gasteiger partial charge in [0.1, 0.15) is 0 Å². The zero-order valence-corrected chi connectivity index (χ0v) is 11.5. The second-order valence-electron chi connectivity index (χ2n) is 3.84. The molecule has 0 fully saturated rings. The highest BCUT2D eigenvalue weighted by Crippen LogP contribution is 2.36. The van der Waals surface area contributed by atoms with E-state index in [2.05, 4.69) is 20.9 Å². The summed E-state index contributed by atoms with van der Waals surface area (Å²) in [6, 6.07) is 6.33. The second-order valence-corrected chi connectivity index (χ2v) is 4.69. The van der Waals surface area contributed by atoms with Gasteiger partial charge in [0.15, 0.2) is 0 Å². The molecule has 0 aliphatic carbocycles. The zero-order chi connectivity index (χ0) is 14.0. The number of pyridine rings is 1. The predicted octanol–water partition coefficient (Wildman–Crippen LogP) is 3.44. The molecule has 6 nitrogen and oxygen atoms in total. The van der Waals surface area contributed by atoms with E-state index in [-0.39, 0.29) is 17.3 Å². The molecule has 1 heterocycles. The topological polar surface area (TPSA) is 91.3 Å². The van der Waals surface area contributed by atoms with Crippen molar-refractivity contribution in [3.05, 3.63) is 50.6 Å². The summed E-state index contributed by atoms with van der Waals surface area (Å²) in [4.78, 5) is 14.5. The minimum atomic E-state index is -0.493. The van der Waals surface area contributed by atoms with Gasteiger partial charge in [-0.25, -0.2) is 4.98 Å². The molecular formula is C12H10BrN3O3. The summed E-state index contributed by atoms with van der Waals surface area (Å²) < 4.78 is 6.06. The number of anilines is 1. The van der Waals surface area contributed by atoms with Crippen LogP contribution in [-0.2, 0) is 0 Å². The lowest BCUT2D eigenvalue weighted by atomic mass is 10.2. The Labute approximate surface area is 117 Å². The third-order valence-electron chi connectivity index (χ3n) is 2.42. The van der Waals surface area contributed by atoms with Crippen molar-refractivity contribution in [3.63, 3.8) is 0 Å². The van der Waals surface area contributed by atoms with E-state index in [1.54, 1.807) is 25.1 Å². The molecule has 98 valence electrons. The molecule has 2 N–H and O–H groups in total. The SMILES string of the molecule is Cc1cccc([N+](=O)[O-])c1Oc1ncc(N)cc1Br. The lowest BCUT2D eigenvalue weighted by molar-refractivity contribution is -0.385. The number of rotatable bonds is 3. The summed E-state index contributed by atoms with van der Waals surface area (Å²) in [6.07, 6.45) is 1.42. The number of halogens is 1. The quantitative estimate of drug-likeness (QED) is 0.690. The van der Waals surface area contributed by atoms with Crippen LogP contribution in [-0.4, -0.2) is 9.91 Å². The van der Waals surface area contributed by atoms with Crippen LogP contribution in [0.1, 0.15) is 5.56 Å². The number of hydrogen-bond donors (Lipinski definition) is 1. The van der Waals surface area contributed by atoms with E-state index in [0.29, 0.717) is 15.7 Å². The van der Waals surface area contributed by atoms with Crippen LogP contribution in [0.15, 0.2) is 34.9 Å². The predicted molar refractivity (Wildman–Crippen MR) is 74.3 cm³/mol. The molecule has 0 saturated heterocycles. The monoisotopic (exact) mass is 323 g/mol. The zero-order valence-electron chi connectivity index (χ0n) is 9.96. The van der Waals surface area contributed by atoms with E-state index >= 15 is 0 Å². The molecule has 0 bridgehead atoms. The highest BCUT2D eigenvalue weighted by molar-refractivity contribution is 9.10. The smallest absolute Gasteiger partial charge is 0.311 e. The Morgan fingerprint density at radius 1 is 1.47 bits per heavy atom. The second kappa shape index (κ2) is 5.23. The Morgan fingerprint density at radius 3 is 2.84 bits per heavy atom. The Bertz CT molecular complexity index is 646. The number of hydrogen-bond acceptors (Lipinski definition) is 5. The number of benzene rings is 1. The van der Waals surface area contributed by atoms with Crippen LogP contribution >= 0.6 is 15.9 Å². The minimum absolute atomic E-state index is 0.106. The van der Waals surface area contributed by atoms with Gasteiger partial charge in [-0.15, -0.1) is 0 Å². The molecule has 19 heavy (non-hydrogen) atoms. The number of aromatic nitrogens is 1. The van der Waals surface area contributed by atoms with Crippen molar-refractivity contribution in [1.82, 2.24) is 4.98 Å². The van der Waals surface area contributed by atoms with Gasteiger partial charge in [-0.05, 0) is 34.5 Å². The van der Waals surface area contributed by atoms with Gasteiger partial charge >= 0.3 is 5.69 Å². The standard InChI is InChI=1S/C12H10BrN3O3/c1-7-3-2-4-10(16(17)18)11(7)19-12-9(13)5-8(14)6-15-12/h2-6H,14H2,1H3. The first kappa shape index (κ1) is 13.3. The molecule has 0 spiro atoms. The van der Waals surface area contributed by atoms with E-state index in [9.17, 15) is 10.1 Å². The molecular weight excluding hydrogens is 314 g/mol. The Hall–Kier alpha value is -2.15. The van der Waals surface area contributed by atoms with E-state index in [0.717, 1.165) is 0 Å². The number of nitro benzene ring substituents is 1. The molecule has 1 aromatic heterocycles. The van der Waals surface area contributed by atoms with Crippen molar-refractivity contribution in [3.8, 4) is 11.6 Å². The number of nitro groups is 1. The van der Waals surface area contributed by atoms with Crippen LogP contribution in [0.3, 0.4) is 0 Å². The molecule has 0 saturated carbocycles. The van der Waals surface area contributed by atoms with Crippen LogP contribution < -0.4 is 10.5 Å². The van der Waals surface area contributed by atoms with E-state index < -0.39 is 4.92 Å². The molecule has 2 rings (SSSR count). The van der Waals surface area contributed by atoms with Gasteiger partial charge in [-0.3, -0.25) is 10.1 Å².